The quantitative estimate of drug-likeness (QED) is 0.743. The van der Waals surface area contributed by atoms with Crippen molar-refractivity contribution in [3.05, 3.63) is 39.1 Å². The predicted octanol–water partition coefficient (Wildman–Crippen LogP) is 5.23. The van der Waals surface area contributed by atoms with E-state index >= 15 is 0 Å². The van der Waals surface area contributed by atoms with Crippen LogP contribution in [0.15, 0.2) is 34.1 Å². The molecule has 0 amide bonds. The van der Waals surface area contributed by atoms with E-state index in [1.165, 1.54) is 0 Å². The Balaban J connectivity index is 2.35. The van der Waals surface area contributed by atoms with E-state index in [0.717, 1.165) is 33.6 Å². The maximum atomic E-state index is 5.73. The van der Waals surface area contributed by atoms with Crippen LogP contribution in [0.2, 0.25) is 0 Å². The highest BCUT2D eigenvalue weighted by molar-refractivity contribution is 9.10. The first-order valence-electron chi connectivity index (χ1n) is 6.42. The molecule has 0 aliphatic rings. The largest absolute Gasteiger partial charge is 0.371 e. The molecule has 0 fully saturated rings. The van der Waals surface area contributed by atoms with Crippen molar-refractivity contribution in [2.24, 2.45) is 0 Å². The number of aromatic nitrogens is 1. The van der Waals surface area contributed by atoms with Crippen molar-refractivity contribution in [3.63, 3.8) is 0 Å². The van der Waals surface area contributed by atoms with Crippen LogP contribution in [0.5, 0.6) is 0 Å². The molecule has 0 saturated heterocycles. The van der Waals surface area contributed by atoms with Crippen LogP contribution in [-0.2, 0) is 10.3 Å². The second-order valence-electron chi connectivity index (χ2n) is 4.45. The summed E-state index contributed by atoms with van der Waals surface area (Å²) in [6.07, 6.45) is 1.88. The van der Waals surface area contributed by atoms with Gasteiger partial charge in [-0.05, 0) is 25.0 Å². The molecule has 1 aromatic carbocycles. The molecule has 0 radical (unpaired) electrons. The Bertz CT molecular complexity index is 523. The van der Waals surface area contributed by atoms with Gasteiger partial charge in [0.1, 0.15) is 10.6 Å². The molecule has 0 aliphatic heterocycles. The summed E-state index contributed by atoms with van der Waals surface area (Å²) in [5.74, 6) is 0. The third-order valence-corrected chi connectivity index (χ3v) is 5.12. The molecule has 19 heavy (non-hydrogen) atoms. The molecule has 1 heterocycles. The minimum absolute atomic E-state index is 0.238. The van der Waals surface area contributed by atoms with Crippen LogP contribution in [0.3, 0.4) is 0 Å². The summed E-state index contributed by atoms with van der Waals surface area (Å²) in [6, 6.07) is 8.24. The lowest BCUT2D eigenvalue weighted by atomic mass is 9.98. The first kappa shape index (κ1) is 14.7. The second-order valence-corrected chi connectivity index (χ2v) is 6.22. The summed E-state index contributed by atoms with van der Waals surface area (Å²) in [5.41, 5.74) is 1.93. The van der Waals surface area contributed by atoms with Gasteiger partial charge in [0.25, 0.3) is 0 Å². The third-order valence-electron chi connectivity index (χ3n) is 3.57. The van der Waals surface area contributed by atoms with Gasteiger partial charge in [-0.1, -0.05) is 41.9 Å². The van der Waals surface area contributed by atoms with Crippen molar-refractivity contribution in [1.82, 2.24) is 4.98 Å². The molecule has 0 saturated carbocycles. The molecule has 0 N–H and O–H groups in total. The molecule has 0 unspecified atom stereocenters. The van der Waals surface area contributed by atoms with Gasteiger partial charge < -0.3 is 4.74 Å². The van der Waals surface area contributed by atoms with E-state index in [-0.39, 0.29) is 5.60 Å². The highest BCUT2D eigenvalue weighted by atomic mass is 79.9. The monoisotopic (exact) mass is 339 g/mol. The van der Waals surface area contributed by atoms with Gasteiger partial charge in [-0.3, -0.25) is 0 Å². The Kier molecular flexibility index (Phi) is 4.76. The van der Waals surface area contributed by atoms with Gasteiger partial charge in [-0.25, -0.2) is 4.98 Å². The van der Waals surface area contributed by atoms with Crippen molar-refractivity contribution < 1.29 is 4.74 Å². The zero-order chi connectivity index (χ0) is 13.9. The third kappa shape index (κ3) is 2.91. The highest BCUT2D eigenvalue weighted by Gasteiger charge is 2.31. The fraction of sp³-hybridized carbons (Fsp3) is 0.400. The lowest BCUT2D eigenvalue weighted by molar-refractivity contribution is -0.0218. The van der Waals surface area contributed by atoms with E-state index in [2.05, 4.69) is 47.3 Å². The van der Waals surface area contributed by atoms with E-state index in [9.17, 15) is 0 Å². The van der Waals surface area contributed by atoms with Crippen molar-refractivity contribution in [3.8, 4) is 11.3 Å². The van der Waals surface area contributed by atoms with E-state index < -0.39 is 0 Å². The predicted molar refractivity (Wildman–Crippen MR) is 84.5 cm³/mol. The van der Waals surface area contributed by atoms with Crippen LogP contribution < -0.4 is 0 Å². The van der Waals surface area contributed by atoms with Crippen molar-refractivity contribution in [2.75, 3.05) is 7.11 Å². The number of benzene rings is 1. The smallest absolute Gasteiger partial charge is 0.125 e. The van der Waals surface area contributed by atoms with Gasteiger partial charge in [0, 0.05) is 22.5 Å². The molecule has 4 heteroatoms. The zero-order valence-electron chi connectivity index (χ0n) is 11.4. The van der Waals surface area contributed by atoms with Gasteiger partial charge in [0.2, 0.25) is 0 Å². The molecule has 0 bridgehead atoms. The average molecular weight is 340 g/mol. The normalized spacial score (nSPS) is 11.8. The van der Waals surface area contributed by atoms with E-state index in [4.69, 9.17) is 9.72 Å². The molecule has 2 aromatic rings. The SMILES string of the molecule is CCC(CC)(OC)c1nc(-c2ccc(Br)cc2)cs1. The average Bonchev–Trinajstić information content (AvgIpc) is 2.93. The zero-order valence-corrected chi connectivity index (χ0v) is 13.8. The first-order chi connectivity index (χ1) is 9.15. The van der Waals surface area contributed by atoms with Crippen LogP contribution in [0.4, 0.5) is 0 Å². The molecule has 0 spiro atoms. The highest BCUT2D eigenvalue weighted by Crippen LogP contribution is 2.36. The Hall–Kier alpha value is -0.710. The van der Waals surface area contributed by atoms with Crippen LogP contribution >= 0.6 is 27.3 Å². The fourth-order valence-electron chi connectivity index (χ4n) is 2.16. The van der Waals surface area contributed by atoms with Gasteiger partial charge >= 0.3 is 0 Å². The Morgan fingerprint density at radius 1 is 1.21 bits per heavy atom. The number of rotatable bonds is 5. The summed E-state index contributed by atoms with van der Waals surface area (Å²) in [5, 5.41) is 3.18. The van der Waals surface area contributed by atoms with E-state index in [1.807, 2.05) is 12.1 Å². The van der Waals surface area contributed by atoms with Crippen molar-refractivity contribution >= 4 is 27.3 Å². The van der Waals surface area contributed by atoms with Crippen LogP contribution in [0.25, 0.3) is 11.3 Å². The maximum absolute atomic E-state index is 5.73. The van der Waals surface area contributed by atoms with Crippen LogP contribution in [0.1, 0.15) is 31.7 Å². The molecular weight excluding hydrogens is 322 g/mol. The molecule has 2 rings (SSSR count). The summed E-state index contributed by atoms with van der Waals surface area (Å²) in [7, 11) is 1.77. The van der Waals surface area contributed by atoms with Gasteiger partial charge in [0.05, 0.1) is 5.69 Å². The lowest BCUT2D eigenvalue weighted by Gasteiger charge is -2.27. The molecule has 2 nitrogen and oxygen atoms in total. The Labute approximate surface area is 127 Å². The number of methoxy groups -OCH3 is 1. The summed E-state index contributed by atoms with van der Waals surface area (Å²) < 4.78 is 6.81. The maximum Gasteiger partial charge on any atom is 0.125 e. The topological polar surface area (TPSA) is 22.1 Å². The van der Waals surface area contributed by atoms with Crippen molar-refractivity contribution in [2.45, 2.75) is 32.3 Å². The lowest BCUT2D eigenvalue weighted by Crippen LogP contribution is -2.26. The summed E-state index contributed by atoms with van der Waals surface area (Å²) in [6.45, 7) is 4.29. The number of thiazole rings is 1. The Morgan fingerprint density at radius 3 is 2.37 bits per heavy atom. The van der Waals surface area contributed by atoms with Gasteiger partial charge in [-0.15, -0.1) is 11.3 Å². The standard InChI is InChI=1S/C15H18BrNOS/c1-4-15(5-2,18-3)14-17-13(10-19-14)11-6-8-12(16)9-7-11/h6-10H,4-5H2,1-3H3. The molecular formula is C15H18BrNOS. The number of hydrogen-bond acceptors (Lipinski definition) is 3. The summed E-state index contributed by atoms with van der Waals surface area (Å²) >= 11 is 5.13. The molecule has 0 atom stereocenters. The van der Waals surface area contributed by atoms with Crippen molar-refractivity contribution in [1.29, 1.82) is 0 Å². The second kappa shape index (κ2) is 6.16. The van der Waals surface area contributed by atoms with Gasteiger partial charge in [0.15, 0.2) is 0 Å². The number of halogens is 1. The van der Waals surface area contributed by atoms with E-state index in [1.54, 1.807) is 18.4 Å². The summed E-state index contributed by atoms with van der Waals surface area (Å²) in [4.78, 5) is 4.77. The minimum Gasteiger partial charge on any atom is -0.371 e. The van der Waals surface area contributed by atoms with E-state index in [0.29, 0.717) is 0 Å². The molecule has 1 aromatic heterocycles. The van der Waals surface area contributed by atoms with Gasteiger partial charge in [-0.2, -0.15) is 0 Å². The fourth-order valence-corrected chi connectivity index (χ4v) is 3.58. The number of hydrogen-bond donors (Lipinski definition) is 0. The molecule has 102 valence electrons. The molecule has 0 aliphatic carbocycles. The first-order valence-corrected chi connectivity index (χ1v) is 8.09. The number of ether oxygens (including phenoxy) is 1. The minimum atomic E-state index is -0.238. The van der Waals surface area contributed by atoms with Crippen LogP contribution in [-0.4, -0.2) is 12.1 Å². The Morgan fingerprint density at radius 2 is 1.84 bits per heavy atom. The number of nitrogens with zero attached hydrogens (tertiary/aromatic N) is 1. The van der Waals surface area contributed by atoms with Crippen LogP contribution in [0, 0.1) is 0 Å².